The molecule has 0 aliphatic heterocycles. The zero-order chi connectivity index (χ0) is 15.2. The highest BCUT2D eigenvalue weighted by Gasteiger charge is 2.18. The number of ether oxygens (including phenoxy) is 1. The van der Waals surface area contributed by atoms with Crippen molar-refractivity contribution < 1.29 is 13.5 Å². The van der Waals surface area contributed by atoms with Crippen LogP contribution in [0.25, 0.3) is 0 Å². The van der Waals surface area contributed by atoms with Crippen molar-refractivity contribution in [3.05, 3.63) is 51.2 Å². The molecule has 0 bridgehead atoms. The number of thiophene rings is 1. The maximum absolute atomic E-state index is 12.5. The van der Waals surface area contributed by atoms with E-state index >= 15 is 0 Å². The molecule has 0 fully saturated rings. The molecule has 1 aromatic heterocycles. The molecule has 0 aliphatic carbocycles. The van der Waals surface area contributed by atoms with Crippen LogP contribution in [0, 0.1) is 0 Å². The van der Waals surface area contributed by atoms with E-state index in [-0.39, 0.29) is 11.8 Å². The number of nitrogens with one attached hydrogen (secondary N) is 1. The Labute approximate surface area is 131 Å². The summed E-state index contributed by atoms with van der Waals surface area (Å²) >= 11 is 7.43. The van der Waals surface area contributed by atoms with Crippen LogP contribution in [0.5, 0.6) is 5.75 Å². The van der Waals surface area contributed by atoms with Gasteiger partial charge in [-0.15, -0.1) is 11.3 Å². The van der Waals surface area contributed by atoms with Crippen LogP contribution in [0.1, 0.15) is 23.4 Å². The molecule has 0 aliphatic rings. The van der Waals surface area contributed by atoms with Gasteiger partial charge in [0.25, 0.3) is 0 Å². The number of hydrogen-bond donors (Lipinski definition) is 1. The lowest BCUT2D eigenvalue weighted by molar-refractivity contribution is -0.0507. The van der Waals surface area contributed by atoms with Gasteiger partial charge in [-0.25, -0.2) is 0 Å². The first kappa shape index (κ1) is 16.2. The van der Waals surface area contributed by atoms with E-state index in [9.17, 15) is 8.78 Å². The predicted molar refractivity (Wildman–Crippen MR) is 82.5 cm³/mol. The fourth-order valence-corrected chi connectivity index (χ4v) is 3.31. The third-order valence-electron chi connectivity index (χ3n) is 3.00. The van der Waals surface area contributed by atoms with Crippen molar-refractivity contribution in [1.29, 1.82) is 0 Å². The molecule has 1 aromatic carbocycles. The number of rotatable bonds is 7. The highest BCUT2D eigenvalue weighted by atomic mass is 35.5. The summed E-state index contributed by atoms with van der Waals surface area (Å²) in [6, 6.07) is 10.6. The van der Waals surface area contributed by atoms with E-state index in [1.807, 2.05) is 25.1 Å². The number of halogens is 3. The van der Waals surface area contributed by atoms with Crippen LogP contribution < -0.4 is 10.1 Å². The molecule has 0 amide bonds. The largest absolute Gasteiger partial charge is 0.434 e. The monoisotopic (exact) mass is 331 g/mol. The van der Waals surface area contributed by atoms with Gasteiger partial charge in [0, 0.05) is 22.9 Å². The molecule has 0 radical (unpaired) electrons. The lowest BCUT2D eigenvalue weighted by Crippen LogP contribution is -2.23. The molecular weight excluding hydrogens is 316 g/mol. The Morgan fingerprint density at radius 1 is 1.24 bits per heavy atom. The number of para-hydroxylation sites is 1. The predicted octanol–water partition coefficient (Wildman–Crippen LogP) is 4.90. The van der Waals surface area contributed by atoms with Crippen molar-refractivity contribution in [2.75, 3.05) is 6.54 Å². The second-order valence-corrected chi connectivity index (χ2v) is 6.24. The van der Waals surface area contributed by atoms with Crippen molar-refractivity contribution in [3.63, 3.8) is 0 Å². The fourth-order valence-electron chi connectivity index (χ4n) is 2.17. The van der Waals surface area contributed by atoms with Gasteiger partial charge >= 0.3 is 6.61 Å². The molecule has 1 unspecified atom stereocenters. The van der Waals surface area contributed by atoms with Gasteiger partial charge in [0.15, 0.2) is 0 Å². The Hall–Kier alpha value is -1.17. The third-order valence-corrected chi connectivity index (χ3v) is 4.25. The molecule has 21 heavy (non-hydrogen) atoms. The molecule has 114 valence electrons. The van der Waals surface area contributed by atoms with Gasteiger partial charge in [-0.05, 0) is 24.7 Å². The molecule has 0 spiro atoms. The minimum absolute atomic E-state index is 0.0975. The Morgan fingerprint density at radius 3 is 2.62 bits per heavy atom. The molecule has 2 aromatic rings. The van der Waals surface area contributed by atoms with Crippen LogP contribution in [0.3, 0.4) is 0 Å². The van der Waals surface area contributed by atoms with Gasteiger partial charge < -0.3 is 10.1 Å². The molecule has 1 heterocycles. The van der Waals surface area contributed by atoms with E-state index in [4.69, 9.17) is 11.6 Å². The second-order valence-electron chi connectivity index (χ2n) is 4.44. The minimum Gasteiger partial charge on any atom is -0.434 e. The SMILES string of the molecule is CCNC(Cc1ccc(Cl)s1)c1ccccc1OC(F)F. The minimum atomic E-state index is -2.83. The molecule has 2 nitrogen and oxygen atoms in total. The van der Waals surface area contributed by atoms with E-state index in [0.717, 1.165) is 21.3 Å². The molecule has 2 rings (SSSR count). The van der Waals surface area contributed by atoms with Crippen molar-refractivity contribution in [1.82, 2.24) is 5.32 Å². The van der Waals surface area contributed by atoms with Crippen LogP contribution in [0.2, 0.25) is 4.34 Å². The first-order valence-corrected chi connectivity index (χ1v) is 7.81. The first-order chi connectivity index (χ1) is 10.1. The Morgan fingerprint density at radius 2 is 2.00 bits per heavy atom. The quantitative estimate of drug-likeness (QED) is 0.779. The Kier molecular flexibility index (Phi) is 5.96. The molecule has 0 saturated heterocycles. The van der Waals surface area contributed by atoms with Crippen molar-refractivity contribution in [2.24, 2.45) is 0 Å². The highest BCUT2D eigenvalue weighted by molar-refractivity contribution is 7.16. The number of benzene rings is 1. The normalized spacial score (nSPS) is 12.6. The highest BCUT2D eigenvalue weighted by Crippen LogP contribution is 2.31. The number of alkyl halides is 2. The van der Waals surface area contributed by atoms with Crippen LogP contribution in [0.15, 0.2) is 36.4 Å². The summed E-state index contributed by atoms with van der Waals surface area (Å²) in [7, 11) is 0. The lowest BCUT2D eigenvalue weighted by atomic mass is 10.0. The molecule has 0 saturated carbocycles. The van der Waals surface area contributed by atoms with Gasteiger partial charge in [-0.1, -0.05) is 36.7 Å². The van der Waals surface area contributed by atoms with Crippen molar-refractivity contribution in [3.8, 4) is 5.75 Å². The average molecular weight is 332 g/mol. The topological polar surface area (TPSA) is 21.3 Å². The van der Waals surface area contributed by atoms with Gasteiger partial charge in [0.2, 0.25) is 0 Å². The van der Waals surface area contributed by atoms with Crippen molar-refractivity contribution >= 4 is 22.9 Å². The second kappa shape index (κ2) is 7.73. The summed E-state index contributed by atoms with van der Waals surface area (Å²) in [5.41, 5.74) is 0.726. The van der Waals surface area contributed by atoms with Crippen LogP contribution in [0.4, 0.5) is 8.78 Å². The molecular formula is C15H16ClF2NOS. The molecule has 1 N–H and O–H groups in total. The zero-order valence-electron chi connectivity index (χ0n) is 11.5. The third kappa shape index (κ3) is 4.66. The zero-order valence-corrected chi connectivity index (χ0v) is 13.1. The van der Waals surface area contributed by atoms with E-state index in [0.29, 0.717) is 6.42 Å². The smallest absolute Gasteiger partial charge is 0.387 e. The van der Waals surface area contributed by atoms with E-state index in [1.54, 1.807) is 18.2 Å². The summed E-state index contributed by atoms with van der Waals surface area (Å²) in [4.78, 5) is 1.10. The Bertz CT molecular complexity index is 576. The summed E-state index contributed by atoms with van der Waals surface area (Å²) in [5.74, 6) is 0.209. The summed E-state index contributed by atoms with van der Waals surface area (Å²) in [6.45, 7) is -0.123. The van der Waals surface area contributed by atoms with Crippen LogP contribution in [-0.2, 0) is 6.42 Å². The lowest BCUT2D eigenvalue weighted by Gasteiger charge is -2.20. The number of hydrogen-bond acceptors (Lipinski definition) is 3. The number of likely N-dealkylation sites (N-methyl/N-ethyl adjacent to an activating group) is 1. The van der Waals surface area contributed by atoms with E-state index in [1.165, 1.54) is 11.3 Å². The first-order valence-electron chi connectivity index (χ1n) is 6.61. The van der Waals surface area contributed by atoms with E-state index < -0.39 is 6.61 Å². The molecule has 6 heteroatoms. The van der Waals surface area contributed by atoms with Gasteiger partial charge in [0.1, 0.15) is 5.75 Å². The summed E-state index contributed by atoms with van der Waals surface area (Å²) < 4.78 is 30.4. The van der Waals surface area contributed by atoms with Crippen LogP contribution >= 0.6 is 22.9 Å². The van der Waals surface area contributed by atoms with Crippen LogP contribution in [-0.4, -0.2) is 13.2 Å². The van der Waals surface area contributed by atoms with Gasteiger partial charge in [-0.2, -0.15) is 8.78 Å². The average Bonchev–Trinajstić information content (AvgIpc) is 2.84. The fraction of sp³-hybridized carbons (Fsp3) is 0.333. The maximum Gasteiger partial charge on any atom is 0.387 e. The summed E-state index contributed by atoms with van der Waals surface area (Å²) in [6.07, 6.45) is 0.675. The van der Waals surface area contributed by atoms with Gasteiger partial charge in [0.05, 0.1) is 4.34 Å². The standard InChI is InChI=1S/C15H16ClF2NOS/c1-2-19-12(9-10-7-8-14(16)21-10)11-5-3-4-6-13(11)20-15(17)18/h3-8,12,15,19H,2,9H2,1H3. The summed E-state index contributed by atoms with van der Waals surface area (Å²) in [5, 5.41) is 3.31. The van der Waals surface area contributed by atoms with Crippen molar-refractivity contribution in [2.45, 2.75) is 26.0 Å². The Balaban J connectivity index is 2.24. The van der Waals surface area contributed by atoms with Gasteiger partial charge in [-0.3, -0.25) is 0 Å². The molecule has 1 atom stereocenters. The van der Waals surface area contributed by atoms with E-state index in [2.05, 4.69) is 10.1 Å². The maximum atomic E-state index is 12.5.